The van der Waals surface area contributed by atoms with Gasteiger partial charge in [-0.05, 0) is 55.0 Å². The molecule has 1 aromatic heterocycles. The summed E-state index contributed by atoms with van der Waals surface area (Å²) in [6, 6.07) is 17.8. The average Bonchev–Trinajstić information content (AvgIpc) is 3.32. The lowest BCUT2D eigenvalue weighted by Crippen LogP contribution is -2.23. The summed E-state index contributed by atoms with van der Waals surface area (Å²) in [7, 11) is 0. The van der Waals surface area contributed by atoms with E-state index in [0.29, 0.717) is 22.9 Å². The van der Waals surface area contributed by atoms with Gasteiger partial charge in [0.05, 0.1) is 5.02 Å². The molecule has 0 unspecified atom stereocenters. The number of halogens is 1. The molecule has 1 aliphatic heterocycles. The number of furan rings is 1. The van der Waals surface area contributed by atoms with E-state index < -0.39 is 0 Å². The molecule has 5 nitrogen and oxygen atoms in total. The van der Waals surface area contributed by atoms with Gasteiger partial charge in [-0.2, -0.15) is 0 Å². The number of amides is 2. The highest BCUT2D eigenvalue weighted by molar-refractivity contribution is 6.33. The van der Waals surface area contributed by atoms with Crippen LogP contribution in [0.1, 0.15) is 23.4 Å². The maximum Gasteiger partial charge on any atom is 0.291 e. The summed E-state index contributed by atoms with van der Waals surface area (Å²) in [6.07, 6.45) is 1.47. The summed E-state index contributed by atoms with van der Waals surface area (Å²) in [4.78, 5) is 26.0. The minimum Gasteiger partial charge on any atom is -0.451 e. The Morgan fingerprint density at radius 2 is 1.81 bits per heavy atom. The quantitative estimate of drug-likeness (QED) is 0.694. The molecule has 0 aliphatic carbocycles. The van der Waals surface area contributed by atoms with E-state index in [9.17, 15) is 9.59 Å². The van der Waals surface area contributed by atoms with Gasteiger partial charge < -0.3 is 14.6 Å². The number of hydrogen-bond acceptors (Lipinski definition) is 3. The zero-order valence-corrected chi connectivity index (χ0v) is 15.2. The van der Waals surface area contributed by atoms with Gasteiger partial charge in [-0.1, -0.05) is 23.7 Å². The van der Waals surface area contributed by atoms with Crippen LogP contribution < -0.4 is 10.2 Å². The first-order valence-electron chi connectivity index (χ1n) is 8.68. The number of hydrogen-bond donors (Lipinski definition) is 1. The number of rotatable bonds is 4. The first-order chi connectivity index (χ1) is 13.1. The number of carbonyl (C=O) groups is 2. The van der Waals surface area contributed by atoms with E-state index in [1.807, 2.05) is 30.3 Å². The van der Waals surface area contributed by atoms with E-state index in [2.05, 4.69) is 5.32 Å². The third-order valence-corrected chi connectivity index (χ3v) is 4.81. The predicted molar refractivity (Wildman–Crippen MR) is 105 cm³/mol. The summed E-state index contributed by atoms with van der Waals surface area (Å²) in [5, 5.41) is 3.36. The molecule has 0 bridgehead atoms. The molecule has 1 saturated heterocycles. The number of benzene rings is 2. The van der Waals surface area contributed by atoms with E-state index in [1.165, 1.54) is 0 Å². The van der Waals surface area contributed by atoms with Crippen LogP contribution in [-0.2, 0) is 4.79 Å². The van der Waals surface area contributed by atoms with E-state index in [0.717, 1.165) is 24.2 Å². The first kappa shape index (κ1) is 17.4. The molecule has 136 valence electrons. The number of anilines is 2. The molecule has 0 radical (unpaired) electrons. The molecule has 2 amide bonds. The van der Waals surface area contributed by atoms with Gasteiger partial charge in [0.1, 0.15) is 5.76 Å². The molecule has 1 N–H and O–H groups in total. The fourth-order valence-electron chi connectivity index (χ4n) is 3.10. The Morgan fingerprint density at radius 3 is 2.52 bits per heavy atom. The van der Waals surface area contributed by atoms with Gasteiger partial charge in [0.2, 0.25) is 5.91 Å². The lowest BCUT2D eigenvalue weighted by molar-refractivity contribution is -0.117. The topological polar surface area (TPSA) is 62.6 Å². The van der Waals surface area contributed by atoms with Crippen LogP contribution in [0.25, 0.3) is 11.3 Å². The van der Waals surface area contributed by atoms with Gasteiger partial charge in [-0.15, -0.1) is 0 Å². The molecule has 0 atom stereocenters. The van der Waals surface area contributed by atoms with Crippen LogP contribution >= 0.6 is 11.6 Å². The van der Waals surface area contributed by atoms with Gasteiger partial charge in [-0.3, -0.25) is 9.59 Å². The maximum absolute atomic E-state index is 12.4. The average molecular weight is 381 g/mol. The Labute approximate surface area is 161 Å². The molecule has 3 aromatic rings. The minimum absolute atomic E-state index is 0.134. The second-order valence-electron chi connectivity index (χ2n) is 6.29. The van der Waals surface area contributed by atoms with Crippen molar-refractivity contribution in [1.29, 1.82) is 0 Å². The van der Waals surface area contributed by atoms with Gasteiger partial charge in [0.15, 0.2) is 5.76 Å². The molecule has 6 heteroatoms. The fourth-order valence-corrected chi connectivity index (χ4v) is 3.33. The van der Waals surface area contributed by atoms with Gasteiger partial charge >= 0.3 is 0 Å². The summed E-state index contributed by atoms with van der Waals surface area (Å²) in [5.74, 6) is 0.519. The van der Waals surface area contributed by atoms with E-state index in [4.69, 9.17) is 16.0 Å². The minimum atomic E-state index is -0.349. The monoisotopic (exact) mass is 380 g/mol. The first-order valence-corrected chi connectivity index (χ1v) is 9.06. The molecule has 4 rings (SSSR count). The van der Waals surface area contributed by atoms with E-state index in [1.54, 1.807) is 35.2 Å². The van der Waals surface area contributed by atoms with Gasteiger partial charge in [0, 0.05) is 29.9 Å². The molecule has 2 heterocycles. The van der Waals surface area contributed by atoms with Crippen molar-refractivity contribution in [1.82, 2.24) is 0 Å². The zero-order valence-electron chi connectivity index (χ0n) is 14.4. The summed E-state index contributed by atoms with van der Waals surface area (Å²) in [5.41, 5.74) is 2.21. The third kappa shape index (κ3) is 3.59. The third-order valence-electron chi connectivity index (χ3n) is 4.48. The molecule has 27 heavy (non-hydrogen) atoms. The highest BCUT2D eigenvalue weighted by Crippen LogP contribution is 2.29. The van der Waals surface area contributed by atoms with E-state index >= 15 is 0 Å². The summed E-state index contributed by atoms with van der Waals surface area (Å²) < 4.78 is 5.65. The van der Waals surface area contributed by atoms with Crippen LogP contribution in [0.15, 0.2) is 65.1 Å². The van der Waals surface area contributed by atoms with Crippen LogP contribution in [0, 0.1) is 0 Å². The Kier molecular flexibility index (Phi) is 4.69. The molecular weight excluding hydrogens is 364 g/mol. The van der Waals surface area contributed by atoms with Crippen molar-refractivity contribution in [2.45, 2.75) is 12.8 Å². The molecule has 1 fully saturated rings. The largest absolute Gasteiger partial charge is 0.451 e. The molecule has 1 aliphatic rings. The van der Waals surface area contributed by atoms with Crippen molar-refractivity contribution in [3.05, 3.63) is 71.4 Å². The molecule has 0 saturated carbocycles. The van der Waals surface area contributed by atoms with Crippen LogP contribution in [-0.4, -0.2) is 18.4 Å². The number of carbonyl (C=O) groups excluding carboxylic acids is 2. The standard InChI is InChI=1S/C21H17ClN2O3/c22-17-5-2-1-4-16(17)18-11-12-19(27-18)21(26)23-14-7-9-15(10-8-14)24-13-3-6-20(24)25/h1-2,4-5,7-12H,3,6,13H2,(H,23,26). The Bertz CT molecular complexity index is 995. The second kappa shape index (κ2) is 7.29. The maximum atomic E-state index is 12.4. The lowest BCUT2D eigenvalue weighted by Gasteiger charge is -2.16. The molecule has 2 aromatic carbocycles. The van der Waals surface area contributed by atoms with E-state index in [-0.39, 0.29) is 17.6 Å². The zero-order chi connectivity index (χ0) is 18.8. The van der Waals surface area contributed by atoms with Crippen molar-refractivity contribution in [2.75, 3.05) is 16.8 Å². The fraction of sp³-hybridized carbons (Fsp3) is 0.143. The lowest BCUT2D eigenvalue weighted by atomic mass is 10.2. The van der Waals surface area contributed by atoms with Crippen molar-refractivity contribution in [3.8, 4) is 11.3 Å². The highest BCUT2D eigenvalue weighted by atomic mass is 35.5. The highest BCUT2D eigenvalue weighted by Gasteiger charge is 2.21. The molecule has 0 spiro atoms. The van der Waals surface area contributed by atoms with Crippen LogP contribution in [0.3, 0.4) is 0 Å². The summed E-state index contributed by atoms with van der Waals surface area (Å²) >= 11 is 6.17. The predicted octanol–water partition coefficient (Wildman–Crippen LogP) is 4.98. The van der Waals surface area contributed by atoms with Gasteiger partial charge in [-0.25, -0.2) is 0 Å². The Morgan fingerprint density at radius 1 is 1.04 bits per heavy atom. The summed E-state index contributed by atoms with van der Waals surface area (Å²) in [6.45, 7) is 0.738. The molecular formula is C21H17ClN2O3. The van der Waals surface area contributed by atoms with Crippen molar-refractivity contribution >= 4 is 34.8 Å². The second-order valence-corrected chi connectivity index (χ2v) is 6.70. The SMILES string of the molecule is O=C(Nc1ccc(N2CCCC2=O)cc1)c1ccc(-c2ccccc2Cl)o1. The van der Waals surface area contributed by atoms with Crippen LogP contribution in [0.2, 0.25) is 5.02 Å². The Balaban J connectivity index is 1.47. The van der Waals surface area contributed by atoms with Crippen molar-refractivity contribution in [2.24, 2.45) is 0 Å². The Hall–Kier alpha value is -3.05. The number of nitrogens with one attached hydrogen (secondary N) is 1. The van der Waals surface area contributed by atoms with Crippen LogP contribution in [0.4, 0.5) is 11.4 Å². The van der Waals surface area contributed by atoms with Gasteiger partial charge in [0.25, 0.3) is 5.91 Å². The van der Waals surface area contributed by atoms with Crippen LogP contribution in [0.5, 0.6) is 0 Å². The normalized spacial score (nSPS) is 13.8. The van der Waals surface area contributed by atoms with Crippen molar-refractivity contribution in [3.63, 3.8) is 0 Å². The van der Waals surface area contributed by atoms with Crippen molar-refractivity contribution < 1.29 is 14.0 Å². The number of nitrogens with zero attached hydrogens (tertiary/aromatic N) is 1. The smallest absolute Gasteiger partial charge is 0.291 e.